The van der Waals surface area contributed by atoms with Crippen molar-refractivity contribution in [2.45, 2.75) is 71.4 Å². The number of aliphatic imine (C=N–C) groups is 1. The van der Waals surface area contributed by atoms with E-state index in [-0.39, 0.29) is 53.5 Å². The van der Waals surface area contributed by atoms with Gasteiger partial charge in [-0.3, -0.25) is 9.89 Å². The first-order valence-corrected chi connectivity index (χ1v) is 11.9. The Morgan fingerprint density at radius 1 is 1.27 bits per heavy atom. The van der Waals surface area contributed by atoms with E-state index < -0.39 is 27.3 Å². The number of carbonyl (C=O) groups excluding carboxylic acids is 1. The average molecular weight is 560 g/mol. The lowest BCUT2D eigenvalue weighted by Gasteiger charge is -2.35. The van der Waals surface area contributed by atoms with Gasteiger partial charge in [-0.25, -0.2) is 13.2 Å². The van der Waals surface area contributed by atoms with Crippen molar-refractivity contribution in [2.24, 2.45) is 10.9 Å². The van der Waals surface area contributed by atoms with E-state index in [1.165, 1.54) is 0 Å². The molecule has 2 saturated heterocycles. The molecule has 0 radical (unpaired) electrons. The molecule has 0 aromatic heterocycles. The quantitative estimate of drug-likeness (QED) is 0.308. The molecule has 2 aliphatic rings. The van der Waals surface area contributed by atoms with Gasteiger partial charge in [0.05, 0.1) is 23.7 Å². The summed E-state index contributed by atoms with van der Waals surface area (Å²) < 4.78 is 34.8. The maximum absolute atomic E-state index is 12.8. The smallest absolute Gasteiger partial charge is 0.412 e. The largest absolute Gasteiger partial charge is 0.444 e. The predicted octanol–water partition coefficient (Wildman–Crippen LogP) is 1.96. The summed E-state index contributed by atoms with van der Waals surface area (Å²) >= 11 is 0. The molecule has 9 nitrogen and oxygen atoms in total. The number of hydrogen-bond donors (Lipinski definition) is 2. The minimum Gasteiger partial charge on any atom is -0.444 e. The van der Waals surface area contributed by atoms with E-state index in [0.29, 0.717) is 25.5 Å². The maximum atomic E-state index is 12.8. The van der Waals surface area contributed by atoms with Crippen LogP contribution in [0.25, 0.3) is 0 Å². The second-order valence-corrected chi connectivity index (χ2v) is 11.5. The zero-order valence-electron chi connectivity index (χ0n) is 19.0. The molecule has 0 spiro atoms. The molecule has 2 N–H and O–H groups in total. The fraction of sp³-hybridized carbons (Fsp3) is 0.895. The Labute approximate surface area is 197 Å². The van der Waals surface area contributed by atoms with E-state index in [9.17, 15) is 13.2 Å². The van der Waals surface area contributed by atoms with Crippen molar-refractivity contribution in [3.8, 4) is 0 Å². The van der Waals surface area contributed by atoms with Crippen LogP contribution in [0.4, 0.5) is 4.79 Å². The predicted molar refractivity (Wildman–Crippen MR) is 128 cm³/mol. The SMILES string of the molecule is CN=C(NCC1CCS(=O)(=O)C1)NCC1C(C)OC(C)(C)N1C(=O)OC(C)(C)C.I. The van der Waals surface area contributed by atoms with E-state index >= 15 is 0 Å². The number of nitrogens with zero attached hydrogens (tertiary/aromatic N) is 2. The Morgan fingerprint density at radius 2 is 1.87 bits per heavy atom. The molecule has 0 saturated carbocycles. The topological polar surface area (TPSA) is 109 Å². The van der Waals surface area contributed by atoms with Crippen molar-refractivity contribution in [3.05, 3.63) is 0 Å². The molecule has 1 amide bonds. The van der Waals surface area contributed by atoms with Crippen molar-refractivity contribution < 1.29 is 22.7 Å². The molecule has 2 aliphatic heterocycles. The number of halogens is 1. The number of nitrogens with one attached hydrogen (secondary N) is 2. The number of carbonyl (C=O) groups is 1. The van der Waals surface area contributed by atoms with E-state index in [0.717, 1.165) is 0 Å². The molecule has 0 aromatic carbocycles. The lowest BCUT2D eigenvalue weighted by Crippen LogP contribution is -2.54. The molecule has 2 heterocycles. The Balaban J connectivity index is 0.00000450. The molecule has 2 rings (SSSR count). The highest BCUT2D eigenvalue weighted by Crippen LogP contribution is 2.33. The van der Waals surface area contributed by atoms with E-state index in [2.05, 4.69) is 15.6 Å². The second-order valence-electron chi connectivity index (χ2n) is 9.29. The van der Waals surface area contributed by atoms with Crippen LogP contribution in [0.15, 0.2) is 4.99 Å². The molecule has 30 heavy (non-hydrogen) atoms. The maximum Gasteiger partial charge on any atom is 0.412 e. The fourth-order valence-corrected chi connectivity index (χ4v) is 5.68. The molecule has 2 fully saturated rings. The summed E-state index contributed by atoms with van der Waals surface area (Å²) in [5.41, 5.74) is -1.39. The Hall–Kier alpha value is -0.820. The Kier molecular flexibility index (Phi) is 9.25. The van der Waals surface area contributed by atoms with Crippen molar-refractivity contribution in [3.63, 3.8) is 0 Å². The Bertz CT molecular complexity index is 736. The van der Waals surface area contributed by atoms with Crippen LogP contribution < -0.4 is 10.6 Å². The van der Waals surface area contributed by atoms with Crippen LogP contribution in [0.3, 0.4) is 0 Å². The highest BCUT2D eigenvalue weighted by atomic mass is 127. The summed E-state index contributed by atoms with van der Waals surface area (Å²) in [4.78, 5) is 18.6. The normalized spacial score (nSPS) is 28.0. The van der Waals surface area contributed by atoms with Gasteiger partial charge in [0.1, 0.15) is 11.3 Å². The molecular weight excluding hydrogens is 523 g/mol. The van der Waals surface area contributed by atoms with Gasteiger partial charge in [-0.05, 0) is 53.9 Å². The van der Waals surface area contributed by atoms with Crippen LogP contribution in [0, 0.1) is 5.92 Å². The minimum absolute atomic E-state index is 0. The molecule has 0 bridgehead atoms. The molecule has 11 heteroatoms. The molecule has 176 valence electrons. The van der Waals surface area contributed by atoms with Crippen LogP contribution >= 0.6 is 24.0 Å². The number of hydrogen-bond acceptors (Lipinski definition) is 6. The van der Waals surface area contributed by atoms with E-state index in [1.54, 1.807) is 11.9 Å². The van der Waals surface area contributed by atoms with Gasteiger partial charge in [0.15, 0.2) is 15.8 Å². The van der Waals surface area contributed by atoms with Crippen LogP contribution in [-0.2, 0) is 19.3 Å². The molecule has 0 aromatic rings. The highest BCUT2D eigenvalue weighted by Gasteiger charge is 2.49. The van der Waals surface area contributed by atoms with Crippen LogP contribution in [0.2, 0.25) is 0 Å². The third kappa shape index (κ3) is 7.40. The molecular formula is C19H37IN4O5S. The summed E-state index contributed by atoms with van der Waals surface area (Å²) in [6.45, 7) is 12.1. The van der Waals surface area contributed by atoms with Gasteiger partial charge >= 0.3 is 6.09 Å². The number of rotatable bonds is 4. The number of guanidine groups is 1. The van der Waals surface area contributed by atoms with Gasteiger partial charge in [0.25, 0.3) is 0 Å². The second kappa shape index (κ2) is 10.2. The van der Waals surface area contributed by atoms with E-state index in [4.69, 9.17) is 9.47 Å². The number of amides is 1. The van der Waals surface area contributed by atoms with Crippen molar-refractivity contribution in [2.75, 3.05) is 31.6 Å². The fourth-order valence-electron chi connectivity index (χ4n) is 3.82. The summed E-state index contributed by atoms with van der Waals surface area (Å²) in [5, 5.41) is 6.42. The minimum atomic E-state index is -2.90. The summed E-state index contributed by atoms with van der Waals surface area (Å²) in [6, 6.07) is -0.245. The third-order valence-electron chi connectivity index (χ3n) is 5.11. The number of sulfone groups is 1. The van der Waals surface area contributed by atoms with Gasteiger partial charge in [-0.15, -0.1) is 24.0 Å². The summed E-state index contributed by atoms with van der Waals surface area (Å²) in [7, 11) is -1.24. The van der Waals surface area contributed by atoms with Gasteiger partial charge in [0, 0.05) is 20.1 Å². The lowest BCUT2D eigenvalue weighted by molar-refractivity contribution is -0.0755. The zero-order valence-corrected chi connectivity index (χ0v) is 22.2. The van der Waals surface area contributed by atoms with Gasteiger partial charge in [0.2, 0.25) is 0 Å². The van der Waals surface area contributed by atoms with E-state index in [1.807, 2.05) is 41.5 Å². The van der Waals surface area contributed by atoms with Crippen molar-refractivity contribution in [1.29, 1.82) is 0 Å². The third-order valence-corrected chi connectivity index (χ3v) is 6.94. The van der Waals surface area contributed by atoms with Crippen molar-refractivity contribution in [1.82, 2.24) is 15.5 Å². The van der Waals surface area contributed by atoms with Gasteiger partial charge in [-0.2, -0.15) is 0 Å². The van der Waals surface area contributed by atoms with Crippen LogP contribution in [0.1, 0.15) is 48.0 Å². The average Bonchev–Trinajstić information content (AvgIpc) is 3.00. The monoisotopic (exact) mass is 560 g/mol. The Morgan fingerprint density at radius 3 is 2.37 bits per heavy atom. The van der Waals surface area contributed by atoms with Gasteiger partial charge in [-0.1, -0.05) is 0 Å². The molecule has 3 unspecified atom stereocenters. The first kappa shape index (κ1) is 27.2. The molecule has 0 aliphatic carbocycles. The summed E-state index contributed by atoms with van der Waals surface area (Å²) in [5.74, 6) is 1.12. The van der Waals surface area contributed by atoms with Gasteiger partial charge < -0.3 is 20.1 Å². The highest BCUT2D eigenvalue weighted by molar-refractivity contribution is 14.0. The van der Waals surface area contributed by atoms with Crippen LogP contribution in [0.5, 0.6) is 0 Å². The standard InChI is InChI=1S/C19H36N4O5S.HI/c1-13-15(23(19(5,6)27-13)17(24)28-18(2,3)4)11-22-16(20-7)21-10-14-8-9-29(25,26)12-14;/h13-15H,8-12H2,1-7H3,(H2,20,21,22);1H. The first-order chi connectivity index (χ1) is 13.2. The summed E-state index contributed by atoms with van der Waals surface area (Å²) in [6.07, 6.45) is 0.0568. The van der Waals surface area contributed by atoms with Crippen LogP contribution in [-0.4, -0.2) is 80.5 Å². The number of ether oxygens (including phenoxy) is 2. The van der Waals surface area contributed by atoms with Crippen molar-refractivity contribution >= 4 is 45.9 Å². The molecule has 3 atom stereocenters. The zero-order chi connectivity index (χ0) is 22.0. The first-order valence-electron chi connectivity index (χ1n) is 10.1. The lowest BCUT2D eigenvalue weighted by atomic mass is 10.1.